The van der Waals surface area contributed by atoms with Crippen LogP contribution in [-0.2, 0) is 22.4 Å². The standard InChI is InChI=1S/C38H58N4O6/c1-5-9-11-13-17-27-21-23-33(43)31(25-27)37(47)41-39-35(45)29(8-4)19-15-20-30(16-7-3)36(46)40-42-38(48)32-26-28(22-24-34(32)44)18-14-12-10-6-2/h21-26,29-30,43-44H,5-20H2,1-4H3,(H,39,45)(H,40,46)(H,41,47)(H,42,48). The van der Waals surface area contributed by atoms with Crippen molar-refractivity contribution in [3.63, 3.8) is 0 Å². The first-order valence-corrected chi connectivity index (χ1v) is 18.0. The molecular formula is C38H58N4O6. The fourth-order valence-electron chi connectivity index (χ4n) is 5.81. The van der Waals surface area contributed by atoms with E-state index in [2.05, 4.69) is 35.6 Å². The Bertz CT molecular complexity index is 1310. The van der Waals surface area contributed by atoms with E-state index in [1.54, 1.807) is 12.1 Å². The number of hydrazine groups is 2. The average molecular weight is 667 g/mol. The molecule has 0 saturated carbocycles. The van der Waals surface area contributed by atoms with Crippen LogP contribution in [0.4, 0.5) is 0 Å². The van der Waals surface area contributed by atoms with Crippen molar-refractivity contribution < 1.29 is 29.4 Å². The van der Waals surface area contributed by atoms with Gasteiger partial charge in [-0.05, 0) is 86.8 Å². The molecule has 48 heavy (non-hydrogen) atoms. The van der Waals surface area contributed by atoms with E-state index < -0.39 is 11.8 Å². The van der Waals surface area contributed by atoms with Crippen LogP contribution in [0.15, 0.2) is 36.4 Å². The van der Waals surface area contributed by atoms with Gasteiger partial charge in [-0.3, -0.25) is 40.9 Å². The highest BCUT2D eigenvalue weighted by atomic mass is 16.3. The third-order valence-electron chi connectivity index (χ3n) is 8.82. The lowest BCUT2D eigenvalue weighted by Gasteiger charge is -2.19. The summed E-state index contributed by atoms with van der Waals surface area (Å²) in [4.78, 5) is 51.5. The third-order valence-corrected chi connectivity index (χ3v) is 8.82. The monoisotopic (exact) mass is 666 g/mol. The van der Waals surface area contributed by atoms with Gasteiger partial charge in [0, 0.05) is 11.8 Å². The number of hydrogen-bond acceptors (Lipinski definition) is 6. The summed E-state index contributed by atoms with van der Waals surface area (Å²) in [5, 5.41) is 20.5. The van der Waals surface area contributed by atoms with Crippen molar-refractivity contribution in [1.82, 2.24) is 21.7 Å². The van der Waals surface area contributed by atoms with Gasteiger partial charge in [-0.2, -0.15) is 0 Å². The lowest BCUT2D eigenvalue weighted by atomic mass is 9.92. The molecule has 0 fully saturated rings. The zero-order valence-electron chi connectivity index (χ0n) is 29.5. The van der Waals surface area contributed by atoms with Gasteiger partial charge < -0.3 is 10.2 Å². The second-order valence-electron chi connectivity index (χ2n) is 12.7. The summed E-state index contributed by atoms with van der Waals surface area (Å²) in [6.45, 7) is 8.17. The molecule has 2 unspecified atom stereocenters. The molecule has 4 amide bonds. The smallest absolute Gasteiger partial charge is 0.273 e. The molecule has 0 radical (unpaired) electrons. The number of amides is 4. The van der Waals surface area contributed by atoms with E-state index in [4.69, 9.17) is 0 Å². The number of carbonyl (C=O) groups is 4. The number of rotatable bonds is 21. The van der Waals surface area contributed by atoms with E-state index in [1.165, 1.54) is 12.1 Å². The molecule has 0 bridgehead atoms. The van der Waals surface area contributed by atoms with E-state index in [0.717, 1.165) is 81.8 Å². The molecular weight excluding hydrogens is 608 g/mol. The van der Waals surface area contributed by atoms with Gasteiger partial charge in [0.05, 0.1) is 11.1 Å². The maximum Gasteiger partial charge on any atom is 0.273 e. The Balaban J connectivity index is 1.86. The van der Waals surface area contributed by atoms with Gasteiger partial charge in [0.25, 0.3) is 11.8 Å². The summed E-state index contributed by atoms with van der Waals surface area (Å²) in [5.74, 6) is -2.87. The molecule has 0 spiro atoms. The molecule has 0 aromatic heterocycles. The second-order valence-corrected chi connectivity index (χ2v) is 12.7. The Morgan fingerprint density at radius 3 is 1.44 bits per heavy atom. The molecule has 0 aliphatic rings. The zero-order chi connectivity index (χ0) is 35.3. The Morgan fingerprint density at radius 1 is 0.542 bits per heavy atom. The quantitative estimate of drug-likeness (QED) is 0.0612. The molecule has 2 aromatic rings. The first-order valence-electron chi connectivity index (χ1n) is 18.0. The third kappa shape index (κ3) is 14.0. The first-order chi connectivity index (χ1) is 23.1. The summed E-state index contributed by atoms with van der Waals surface area (Å²) in [6.07, 6.45) is 14.0. The fraction of sp³-hybridized carbons (Fsp3) is 0.579. The minimum atomic E-state index is -0.583. The predicted molar refractivity (Wildman–Crippen MR) is 189 cm³/mol. The van der Waals surface area contributed by atoms with Gasteiger partial charge in [0.1, 0.15) is 11.5 Å². The maximum atomic E-state index is 13.0. The van der Waals surface area contributed by atoms with Crippen LogP contribution in [-0.4, -0.2) is 33.8 Å². The molecule has 10 nitrogen and oxygen atoms in total. The summed E-state index contributed by atoms with van der Waals surface area (Å²) >= 11 is 0. The van der Waals surface area contributed by atoms with Crippen molar-refractivity contribution in [3.05, 3.63) is 58.7 Å². The Labute approximate surface area is 286 Å². The lowest BCUT2D eigenvalue weighted by molar-refractivity contribution is -0.126. The lowest BCUT2D eigenvalue weighted by Crippen LogP contribution is -2.45. The van der Waals surface area contributed by atoms with Crippen LogP contribution in [0.25, 0.3) is 0 Å². The van der Waals surface area contributed by atoms with Crippen LogP contribution in [0, 0.1) is 11.8 Å². The summed E-state index contributed by atoms with van der Waals surface area (Å²) in [7, 11) is 0. The van der Waals surface area contributed by atoms with E-state index in [-0.39, 0.29) is 46.3 Å². The van der Waals surface area contributed by atoms with Crippen LogP contribution < -0.4 is 21.7 Å². The number of carbonyl (C=O) groups excluding carboxylic acids is 4. The molecule has 2 atom stereocenters. The number of phenolic OH excluding ortho intramolecular Hbond substituents is 2. The molecule has 6 N–H and O–H groups in total. The van der Waals surface area contributed by atoms with Crippen LogP contribution in [0.1, 0.15) is 149 Å². The van der Waals surface area contributed by atoms with Crippen LogP contribution in [0.3, 0.4) is 0 Å². The summed E-state index contributed by atoms with van der Waals surface area (Å²) in [6, 6.07) is 9.97. The number of aryl methyl sites for hydroxylation is 2. The van der Waals surface area contributed by atoms with Crippen molar-refractivity contribution in [2.45, 2.75) is 130 Å². The number of unbranched alkanes of at least 4 members (excludes halogenated alkanes) is 6. The Kier molecular flexibility index (Phi) is 18.8. The summed E-state index contributed by atoms with van der Waals surface area (Å²) in [5.41, 5.74) is 12.1. The van der Waals surface area contributed by atoms with E-state index >= 15 is 0 Å². The first kappa shape index (κ1) is 40.1. The van der Waals surface area contributed by atoms with Gasteiger partial charge in [-0.25, -0.2) is 0 Å². The number of phenols is 2. The minimum Gasteiger partial charge on any atom is -0.507 e. The molecule has 10 heteroatoms. The second kappa shape index (κ2) is 22.5. The SMILES string of the molecule is CCCCCCc1ccc(O)c(C(=O)NNC(=O)C(CC)CCCC(CCC)C(=O)NNC(=O)c2cc(CCCCCC)ccc2O)c1. The van der Waals surface area contributed by atoms with E-state index in [9.17, 15) is 29.4 Å². The number of benzene rings is 2. The molecule has 0 saturated heterocycles. The number of aromatic hydroxyl groups is 2. The van der Waals surface area contributed by atoms with Crippen LogP contribution in [0.5, 0.6) is 11.5 Å². The maximum absolute atomic E-state index is 13.0. The fourth-order valence-corrected chi connectivity index (χ4v) is 5.81. The molecule has 0 aliphatic heterocycles. The Morgan fingerprint density at radius 2 is 1.00 bits per heavy atom. The largest absolute Gasteiger partial charge is 0.507 e. The van der Waals surface area contributed by atoms with E-state index in [1.807, 2.05) is 26.0 Å². The van der Waals surface area contributed by atoms with Gasteiger partial charge in [-0.15, -0.1) is 0 Å². The molecule has 0 aliphatic carbocycles. The van der Waals surface area contributed by atoms with Crippen molar-refractivity contribution in [1.29, 1.82) is 0 Å². The van der Waals surface area contributed by atoms with Gasteiger partial charge in [0.15, 0.2) is 0 Å². The zero-order valence-corrected chi connectivity index (χ0v) is 29.5. The highest BCUT2D eigenvalue weighted by Gasteiger charge is 2.23. The Hall–Kier alpha value is -4.08. The number of nitrogens with one attached hydrogen (secondary N) is 4. The van der Waals surface area contributed by atoms with Crippen molar-refractivity contribution in [3.8, 4) is 11.5 Å². The van der Waals surface area contributed by atoms with Crippen LogP contribution in [0.2, 0.25) is 0 Å². The summed E-state index contributed by atoms with van der Waals surface area (Å²) < 4.78 is 0. The topological polar surface area (TPSA) is 157 Å². The predicted octanol–water partition coefficient (Wildman–Crippen LogP) is 7.18. The molecule has 2 rings (SSSR count). The minimum absolute atomic E-state index is 0.113. The average Bonchev–Trinajstić information content (AvgIpc) is 3.08. The van der Waals surface area contributed by atoms with Gasteiger partial charge in [-0.1, -0.05) is 91.2 Å². The van der Waals surface area contributed by atoms with Gasteiger partial charge in [0.2, 0.25) is 11.8 Å². The van der Waals surface area contributed by atoms with E-state index in [0.29, 0.717) is 32.1 Å². The highest BCUT2D eigenvalue weighted by Crippen LogP contribution is 2.23. The van der Waals surface area contributed by atoms with Crippen molar-refractivity contribution >= 4 is 23.6 Å². The van der Waals surface area contributed by atoms with Crippen molar-refractivity contribution in [2.75, 3.05) is 0 Å². The molecule has 2 aromatic carbocycles. The molecule has 0 heterocycles. The van der Waals surface area contributed by atoms with Crippen molar-refractivity contribution in [2.24, 2.45) is 11.8 Å². The normalized spacial score (nSPS) is 12.2. The van der Waals surface area contributed by atoms with Crippen LogP contribution >= 0.6 is 0 Å². The molecule has 266 valence electrons. The van der Waals surface area contributed by atoms with Gasteiger partial charge >= 0.3 is 0 Å². The number of hydrogen-bond donors (Lipinski definition) is 6. The highest BCUT2D eigenvalue weighted by molar-refractivity contribution is 5.98.